The molecule has 4 N–H and O–H groups in total. The second-order valence-electron chi connectivity index (χ2n) is 2.36. The van der Waals surface area contributed by atoms with Gasteiger partial charge in [0.1, 0.15) is 13.6 Å². The molecule has 0 amide bonds. The Morgan fingerprint density at radius 1 is 1.15 bits per heavy atom. The van der Waals surface area contributed by atoms with Crippen LogP contribution < -0.4 is 10.2 Å². The molecule has 0 radical (unpaired) electrons. The van der Waals surface area contributed by atoms with E-state index in [-0.39, 0.29) is 11.0 Å². The maximum Gasteiger partial charge on any atom is 0.188 e. The minimum Gasteiger partial charge on any atom is -0.468 e. The maximum absolute atomic E-state index is 5.19. The van der Waals surface area contributed by atoms with E-state index in [0.29, 0.717) is 6.79 Å². The highest BCUT2D eigenvalue weighted by Crippen LogP contribution is 2.06. The monoisotopic (exact) mass is 186 g/mol. The Balaban J connectivity index is 0. The van der Waals surface area contributed by atoms with Crippen LogP contribution in [-0.4, -0.2) is 32.7 Å². The lowest BCUT2D eigenvalue weighted by Gasteiger charge is -2.03. The van der Waals surface area contributed by atoms with Gasteiger partial charge in [0.2, 0.25) is 0 Å². The standard InChI is InChI=1S/C8H11BO2.2H2O/c1-10-6-11-8-4-2-7(9)3-5-8;;/h2-5H,6,9H2,1H3;2*1H2. The first-order valence-corrected chi connectivity index (χ1v) is 3.51. The quantitative estimate of drug-likeness (QED) is 0.415. The molecule has 4 nitrogen and oxygen atoms in total. The second kappa shape index (κ2) is 7.61. The molecule has 0 fully saturated rings. The third-order valence-corrected chi connectivity index (χ3v) is 1.36. The van der Waals surface area contributed by atoms with Gasteiger partial charge in [-0.1, -0.05) is 17.6 Å². The minimum atomic E-state index is 0. The average Bonchev–Trinajstić information content (AvgIpc) is 2.04. The Hall–Kier alpha value is -1.04. The number of benzene rings is 1. The highest BCUT2D eigenvalue weighted by atomic mass is 16.7. The van der Waals surface area contributed by atoms with Gasteiger partial charge in [0.25, 0.3) is 0 Å². The molecule has 0 bridgehead atoms. The summed E-state index contributed by atoms with van der Waals surface area (Å²) in [6, 6.07) is 7.86. The predicted octanol–water partition coefficient (Wildman–Crippen LogP) is -1.72. The van der Waals surface area contributed by atoms with E-state index in [1.54, 1.807) is 7.11 Å². The van der Waals surface area contributed by atoms with Crippen LogP contribution in [0.5, 0.6) is 5.75 Å². The van der Waals surface area contributed by atoms with Gasteiger partial charge < -0.3 is 20.4 Å². The van der Waals surface area contributed by atoms with E-state index in [0.717, 1.165) is 5.75 Å². The summed E-state index contributed by atoms with van der Waals surface area (Å²) in [5.41, 5.74) is 1.23. The fraction of sp³-hybridized carbons (Fsp3) is 0.250. The second-order valence-corrected chi connectivity index (χ2v) is 2.36. The van der Waals surface area contributed by atoms with E-state index >= 15 is 0 Å². The number of ether oxygens (including phenoxy) is 2. The normalized spacial score (nSPS) is 8.08. The molecule has 0 aliphatic rings. The van der Waals surface area contributed by atoms with Crippen molar-refractivity contribution < 1.29 is 20.4 Å². The molecular weight excluding hydrogens is 171 g/mol. The highest BCUT2D eigenvalue weighted by Gasteiger charge is 1.89. The molecule has 0 atom stereocenters. The average molecular weight is 186 g/mol. The largest absolute Gasteiger partial charge is 0.468 e. The van der Waals surface area contributed by atoms with Gasteiger partial charge in [0.05, 0.1) is 0 Å². The van der Waals surface area contributed by atoms with Gasteiger partial charge in [-0.2, -0.15) is 0 Å². The minimum absolute atomic E-state index is 0. The Morgan fingerprint density at radius 3 is 2.15 bits per heavy atom. The zero-order chi connectivity index (χ0) is 8.10. The van der Waals surface area contributed by atoms with E-state index < -0.39 is 0 Å². The van der Waals surface area contributed by atoms with Crippen LogP contribution in [0.3, 0.4) is 0 Å². The van der Waals surface area contributed by atoms with E-state index in [9.17, 15) is 0 Å². The first-order valence-electron chi connectivity index (χ1n) is 3.51. The first kappa shape index (κ1) is 14.5. The summed E-state index contributed by atoms with van der Waals surface area (Å²) in [5, 5.41) is 0. The van der Waals surface area contributed by atoms with Gasteiger partial charge in [-0.15, -0.1) is 0 Å². The molecule has 74 valence electrons. The number of rotatable bonds is 3. The number of hydrogen-bond donors (Lipinski definition) is 0. The highest BCUT2D eigenvalue weighted by molar-refractivity contribution is 6.32. The molecule has 0 spiro atoms. The van der Waals surface area contributed by atoms with Crippen molar-refractivity contribution >= 4 is 13.3 Å². The molecule has 0 aliphatic carbocycles. The van der Waals surface area contributed by atoms with Crippen LogP contribution in [0.1, 0.15) is 0 Å². The van der Waals surface area contributed by atoms with Gasteiger partial charge in [-0.05, 0) is 12.1 Å². The summed E-state index contributed by atoms with van der Waals surface area (Å²) in [6.07, 6.45) is 0. The topological polar surface area (TPSA) is 81.5 Å². The molecule has 5 heteroatoms. The molecule has 1 aromatic rings. The number of methoxy groups -OCH3 is 1. The number of hydrogen-bond acceptors (Lipinski definition) is 2. The maximum atomic E-state index is 5.19. The van der Waals surface area contributed by atoms with Crippen molar-refractivity contribution in [3.05, 3.63) is 24.3 Å². The molecule has 0 heterocycles. The molecule has 0 saturated carbocycles. The third kappa shape index (κ3) is 5.24. The van der Waals surface area contributed by atoms with Crippen LogP contribution in [0.15, 0.2) is 24.3 Å². The summed E-state index contributed by atoms with van der Waals surface area (Å²) in [6.45, 7) is 0.309. The van der Waals surface area contributed by atoms with Gasteiger partial charge in [-0.3, -0.25) is 0 Å². The Bertz CT molecular complexity index is 212. The molecule has 0 aromatic heterocycles. The van der Waals surface area contributed by atoms with E-state index in [1.165, 1.54) is 5.46 Å². The Labute approximate surface area is 78.5 Å². The van der Waals surface area contributed by atoms with Crippen LogP contribution in [0, 0.1) is 0 Å². The van der Waals surface area contributed by atoms with Crippen molar-refractivity contribution in [2.24, 2.45) is 0 Å². The summed E-state index contributed by atoms with van der Waals surface area (Å²) in [4.78, 5) is 0. The van der Waals surface area contributed by atoms with Crippen LogP contribution >= 0.6 is 0 Å². The third-order valence-electron chi connectivity index (χ3n) is 1.36. The van der Waals surface area contributed by atoms with E-state index in [4.69, 9.17) is 9.47 Å². The summed E-state index contributed by atoms with van der Waals surface area (Å²) >= 11 is 0. The molecule has 0 unspecified atom stereocenters. The van der Waals surface area contributed by atoms with Crippen molar-refractivity contribution in [1.29, 1.82) is 0 Å². The summed E-state index contributed by atoms with van der Waals surface area (Å²) < 4.78 is 9.94. The lowest BCUT2D eigenvalue weighted by Crippen LogP contribution is -2.02. The fourth-order valence-corrected chi connectivity index (χ4v) is 0.761. The van der Waals surface area contributed by atoms with Gasteiger partial charge in [0.15, 0.2) is 6.79 Å². The molecular formula is C8H15BO4. The van der Waals surface area contributed by atoms with Crippen molar-refractivity contribution in [3.63, 3.8) is 0 Å². The zero-order valence-corrected chi connectivity index (χ0v) is 7.83. The van der Waals surface area contributed by atoms with Crippen LogP contribution in [-0.2, 0) is 4.74 Å². The smallest absolute Gasteiger partial charge is 0.188 e. The van der Waals surface area contributed by atoms with Crippen LogP contribution in [0.25, 0.3) is 0 Å². The SMILES string of the molecule is Bc1ccc(OCOC)cc1.O.O. The fourth-order valence-electron chi connectivity index (χ4n) is 0.761. The van der Waals surface area contributed by atoms with Crippen molar-refractivity contribution in [1.82, 2.24) is 0 Å². The molecule has 13 heavy (non-hydrogen) atoms. The van der Waals surface area contributed by atoms with Gasteiger partial charge in [0, 0.05) is 7.11 Å². The van der Waals surface area contributed by atoms with Crippen molar-refractivity contribution in [3.8, 4) is 5.75 Å². The summed E-state index contributed by atoms with van der Waals surface area (Å²) in [7, 11) is 3.65. The molecule has 0 saturated heterocycles. The predicted molar refractivity (Wildman–Crippen MR) is 54.4 cm³/mol. The van der Waals surface area contributed by atoms with Gasteiger partial charge in [-0.25, -0.2) is 0 Å². The summed E-state index contributed by atoms with van der Waals surface area (Å²) in [5.74, 6) is 0.845. The lowest BCUT2D eigenvalue weighted by atomic mass is 9.97. The molecule has 1 rings (SSSR count). The van der Waals surface area contributed by atoms with E-state index in [2.05, 4.69) is 0 Å². The van der Waals surface area contributed by atoms with Crippen molar-refractivity contribution in [2.45, 2.75) is 0 Å². The van der Waals surface area contributed by atoms with Gasteiger partial charge >= 0.3 is 0 Å². The van der Waals surface area contributed by atoms with Crippen molar-refractivity contribution in [2.75, 3.05) is 13.9 Å². The zero-order valence-electron chi connectivity index (χ0n) is 7.83. The molecule has 1 aromatic carbocycles. The molecule has 0 aliphatic heterocycles. The lowest BCUT2D eigenvalue weighted by molar-refractivity contribution is 0.0511. The van der Waals surface area contributed by atoms with Crippen LogP contribution in [0.2, 0.25) is 0 Å². The Morgan fingerprint density at radius 2 is 1.69 bits per heavy atom. The van der Waals surface area contributed by atoms with E-state index in [1.807, 2.05) is 32.1 Å². The first-order chi connectivity index (χ1) is 5.33. The Kier molecular flexibility index (Phi) is 8.48. The van der Waals surface area contributed by atoms with Crippen LogP contribution in [0.4, 0.5) is 0 Å².